The third-order valence-corrected chi connectivity index (χ3v) is 3.10. The number of rotatable bonds is 4. The van der Waals surface area contributed by atoms with E-state index < -0.39 is 30.1 Å². The highest BCUT2D eigenvalue weighted by molar-refractivity contribution is 9.10. The minimum absolute atomic E-state index is 0.00163. The van der Waals surface area contributed by atoms with E-state index in [9.17, 15) is 14.7 Å². The number of nitrogens with one attached hydrogen (secondary N) is 1. The van der Waals surface area contributed by atoms with Crippen molar-refractivity contribution in [2.45, 2.75) is 45.2 Å². The molecule has 1 aromatic carbocycles. The maximum absolute atomic E-state index is 11.9. The number of ether oxygens (including phenoxy) is 1. The fourth-order valence-corrected chi connectivity index (χ4v) is 1.89. The molecule has 0 aromatic heterocycles. The number of carbonyl (C=O) groups is 2. The molecule has 0 aliphatic carbocycles. The predicted molar refractivity (Wildman–Crippen MR) is 83.3 cm³/mol. The summed E-state index contributed by atoms with van der Waals surface area (Å²) < 4.78 is 13.6. The molecule has 0 unspecified atom stereocenters. The molecule has 0 bridgehead atoms. The molecule has 116 valence electrons. The number of hydrogen-bond donors (Lipinski definition) is 2. The molecule has 2 N–H and O–H groups in total. The Morgan fingerprint density at radius 2 is 1.90 bits per heavy atom. The second-order valence-electron chi connectivity index (χ2n) is 5.82. The Bertz CT molecular complexity index is 541. The number of aliphatic carboxylic acids is 1. The summed E-state index contributed by atoms with van der Waals surface area (Å²) in [5, 5.41) is 11.8. The van der Waals surface area contributed by atoms with Gasteiger partial charge in [-0.25, -0.2) is 9.59 Å². The lowest BCUT2D eigenvalue weighted by Gasteiger charge is -2.28. The second kappa shape index (κ2) is 6.47. The van der Waals surface area contributed by atoms with Gasteiger partial charge in [0.15, 0.2) is 0 Å². The Kier molecular flexibility index (Phi) is 4.88. The SMILES string of the molecule is [2H]C[C@@](Cc1ccc(Br)cc1)(NC(=O)OC(C)(C)C)C(=O)O. The molecule has 1 atom stereocenters. The van der Waals surface area contributed by atoms with Gasteiger partial charge < -0.3 is 15.2 Å². The van der Waals surface area contributed by atoms with Gasteiger partial charge in [-0.3, -0.25) is 0 Å². The van der Waals surface area contributed by atoms with Crippen LogP contribution in [0, 0.1) is 0 Å². The summed E-state index contributed by atoms with van der Waals surface area (Å²) in [6.45, 7) is 4.55. The third-order valence-electron chi connectivity index (χ3n) is 2.57. The van der Waals surface area contributed by atoms with Gasteiger partial charge in [-0.1, -0.05) is 28.1 Å². The molecule has 0 heterocycles. The molecular formula is C15H20BrNO4. The van der Waals surface area contributed by atoms with Crippen LogP contribution in [0.25, 0.3) is 0 Å². The minimum Gasteiger partial charge on any atom is -0.480 e. The van der Waals surface area contributed by atoms with Crippen LogP contribution in [0.4, 0.5) is 4.79 Å². The molecule has 5 nitrogen and oxygen atoms in total. The molecule has 1 amide bonds. The quantitative estimate of drug-likeness (QED) is 0.864. The number of hydrogen-bond acceptors (Lipinski definition) is 3. The highest BCUT2D eigenvalue weighted by atomic mass is 79.9. The first-order valence-electron chi connectivity index (χ1n) is 7.07. The standard InChI is InChI=1S/C15H20BrNO4/c1-14(2,3)21-13(20)17-15(4,12(18)19)9-10-5-7-11(16)8-6-10/h5-8H,9H2,1-4H3,(H,17,20)(H,18,19)/t15-/m0/s1/i4D. The van der Waals surface area contributed by atoms with Gasteiger partial charge in [0, 0.05) is 12.3 Å². The molecule has 0 fully saturated rings. The van der Waals surface area contributed by atoms with Crippen molar-refractivity contribution in [2.75, 3.05) is 0 Å². The summed E-state index contributed by atoms with van der Waals surface area (Å²) >= 11 is 3.30. The van der Waals surface area contributed by atoms with E-state index in [0.717, 1.165) is 4.47 Å². The van der Waals surface area contributed by atoms with Crippen molar-refractivity contribution in [3.8, 4) is 0 Å². The van der Waals surface area contributed by atoms with Crippen molar-refractivity contribution >= 4 is 28.0 Å². The van der Waals surface area contributed by atoms with E-state index in [1.165, 1.54) is 0 Å². The molecule has 1 rings (SSSR count). The van der Waals surface area contributed by atoms with Crippen LogP contribution in [-0.2, 0) is 16.0 Å². The lowest BCUT2D eigenvalue weighted by Crippen LogP contribution is -2.54. The van der Waals surface area contributed by atoms with E-state index >= 15 is 0 Å². The molecule has 1 aromatic rings. The first-order valence-corrected chi connectivity index (χ1v) is 7.15. The van der Waals surface area contributed by atoms with E-state index in [-0.39, 0.29) is 6.42 Å². The molecule has 21 heavy (non-hydrogen) atoms. The topological polar surface area (TPSA) is 75.6 Å². The van der Waals surface area contributed by atoms with Crippen LogP contribution in [0.1, 0.15) is 34.6 Å². The normalized spacial score (nSPS) is 14.8. The molecule has 6 heteroatoms. The molecule has 0 aliphatic heterocycles. The highest BCUT2D eigenvalue weighted by Gasteiger charge is 2.36. The number of carboxylic acids is 1. The number of amides is 1. The third kappa shape index (κ3) is 5.75. The van der Waals surface area contributed by atoms with Gasteiger partial charge in [0.1, 0.15) is 11.1 Å². The van der Waals surface area contributed by atoms with E-state index in [1.54, 1.807) is 45.0 Å². The molecule has 0 aliphatic rings. The molecule has 0 radical (unpaired) electrons. The molecule has 0 saturated carbocycles. The zero-order chi connectivity index (χ0) is 17.0. The van der Waals surface area contributed by atoms with Gasteiger partial charge in [-0.15, -0.1) is 0 Å². The highest BCUT2D eigenvalue weighted by Crippen LogP contribution is 2.18. The van der Waals surface area contributed by atoms with Crippen LogP contribution in [0.5, 0.6) is 0 Å². The van der Waals surface area contributed by atoms with E-state index in [2.05, 4.69) is 21.2 Å². The van der Waals surface area contributed by atoms with Crippen LogP contribution in [-0.4, -0.2) is 28.3 Å². The fraction of sp³-hybridized carbons (Fsp3) is 0.467. The zero-order valence-corrected chi connectivity index (χ0v) is 13.9. The average molecular weight is 359 g/mol. The Morgan fingerprint density at radius 3 is 2.33 bits per heavy atom. The van der Waals surface area contributed by atoms with Gasteiger partial charge in [0.05, 0.1) is 0 Å². The lowest BCUT2D eigenvalue weighted by molar-refractivity contribution is -0.144. The number of carboxylic acid groups (broad SMARTS) is 1. The maximum atomic E-state index is 11.9. The van der Waals surface area contributed by atoms with Crippen molar-refractivity contribution in [2.24, 2.45) is 0 Å². The Morgan fingerprint density at radius 1 is 1.33 bits per heavy atom. The summed E-state index contributed by atoms with van der Waals surface area (Å²) in [4.78, 5) is 23.5. The van der Waals surface area contributed by atoms with Gasteiger partial charge in [0.25, 0.3) is 0 Å². The van der Waals surface area contributed by atoms with Crippen LogP contribution in [0.3, 0.4) is 0 Å². The second-order valence-corrected chi connectivity index (χ2v) is 6.73. The van der Waals surface area contributed by atoms with Crippen molar-refractivity contribution in [1.82, 2.24) is 5.32 Å². The maximum Gasteiger partial charge on any atom is 0.408 e. The first kappa shape index (κ1) is 15.8. The largest absolute Gasteiger partial charge is 0.480 e. The van der Waals surface area contributed by atoms with Crippen molar-refractivity contribution in [3.05, 3.63) is 34.3 Å². The molecular weight excluding hydrogens is 338 g/mol. The average Bonchev–Trinajstić information content (AvgIpc) is 2.38. The number of benzene rings is 1. The monoisotopic (exact) mass is 358 g/mol. The van der Waals surface area contributed by atoms with E-state index in [4.69, 9.17) is 6.11 Å². The summed E-state index contributed by atoms with van der Waals surface area (Å²) in [7, 11) is 0. The Hall–Kier alpha value is -1.56. The van der Waals surface area contributed by atoms with Gasteiger partial charge in [0.2, 0.25) is 0 Å². The zero-order valence-electron chi connectivity index (χ0n) is 13.3. The summed E-state index contributed by atoms with van der Waals surface area (Å²) in [6, 6.07) is 7.04. The number of carbonyl (C=O) groups excluding carboxylic acids is 1. The van der Waals surface area contributed by atoms with Crippen molar-refractivity contribution < 1.29 is 20.8 Å². The van der Waals surface area contributed by atoms with Crippen LogP contribution in [0.15, 0.2) is 28.7 Å². The molecule has 0 spiro atoms. The van der Waals surface area contributed by atoms with Crippen LogP contribution < -0.4 is 5.32 Å². The number of halogens is 1. The van der Waals surface area contributed by atoms with Gasteiger partial charge >= 0.3 is 12.1 Å². The van der Waals surface area contributed by atoms with Crippen LogP contribution >= 0.6 is 15.9 Å². The smallest absolute Gasteiger partial charge is 0.408 e. The van der Waals surface area contributed by atoms with Gasteiger partial charge in [-0.2, -0.15) is 0 Å². The molecule has 0 saturated heterocycles. The minimum atomic E-state index is -1.73. The van der Waals surface area contributed by atoms with Gasteiger partial charge in [-0.05, 0) is 45.4 Å². The van der Waals surface area contributed by atoms with Crippen molar-refractivity contribution in [3.63, 3.8) is 0 Å². The van der Waals surface area contributed by atoms with Crippen molar-refractivity contribution in [1.29, 1.82) is 0 Å². The Labute approximate surface area is 134 Å². The lowest BCUT2D eigenvalue weighted by atomic mass is 9.93. The predicted octanol–water partition coefficient (Wildman–Crippen LogP) is 3.36. The van der Waals surface area contributed by atoms with E-state index in [0.29, 0.717) is 5.56 Å². The fourth-order valence-electron chi connectivity index (χ4n) is 1.62. The van der Waals surface area contributed by atoms with Crippen LogP contribution in [0.2, 0.25) is 0 Å². The number of alkyl carbamates (subject to hydrolysis) is 1. The summed E-state index contributed by atoms with van der Waals surface area (Å²) in [5.41, 5.74) is -1.77. The first-order chi connectivity index (χ1) is 10.1. The summed E-state index contributed by atoms with van der Waals surface area (Å²) in [5.74, 6) is -1.27. The van der Waals surface area contributed by atoms with E-state index in [1.807, 2.05) is 0 Å². The summed E-state index contributed by atoms with van der Waals surface area (Å²) in [6.07, 6.45) is -0.850. The Balaban J connectivity index is 2.97.